The number of halogens is 3. The lowest BCUT2D eigenvalue weighted by Crippen LogP contribution is -2.47. The number of carboxylic acids is 1. The number of carboxylic acid groups (broad SMARTS) is 1. The van der Waals surface area contributed by atoms with Gasteiger partial charge in [0.15, 0.2) is 0 Å². The number of carbonyl (C=O) groups is 1. The number of nitrogens with one attached hydrogen (secondary N) is 1. The Morgan fingerprint density at radius 2 is 1.95 bits per heavy atom. The van der Waals surface area contributed by atoms with Crippen LogP contribution in [0.2, 0.25) is 5.02 Å². The highest BCUT2D eigenvalue weighted by Crippen LogP contribution is 2.43. The Labute approximate surface area is 237 Å². The number of aliphatic carboxylic acids is 1. The largest absolute Gasteiger partial charge is 0.490 e. The third-order valence-electron chi connectivity index (χ3n) is 6.74. The summed E-state index contributed by atoms with van der Waals surface area (Å²) in [6.07, 6.45) is 2.13. The maximum atomic E-state index is 13.5. The van der Waals surface area contributed by atoms with Crippen molar-refractivity contribution in [1.82, 2.24) is 14.9 Å². The first-order valence-electron chi connectivity index (χ1n) is 13.1. The minimum atomic E-state index is -2.68. The van der Waals surface area contributed by atoms with Crippen molar-refractivity contribution < 1.29 is 23.4 Å². The number of benzene rings is 1. The molecule has 1 aliphatic rings. The van der Waals surface area contributed by atoms with Crippen LogP contribution in [0.5, 0.6) is 5.75 Å². The Kier molecular flexibility index (Phi) is 8.55. The molecule has 212 valence electrons. The maximum absolute atomic E-state index is 13.5. The van der Waals surface area contributed by atoms with E-state index in [9.17, 15) is 18.7 Å². The van der Waals surface area contributed by atoms with E-state index in [-0.39, 0.29) is 30.4 Å². The number of aromatic nitrogens is 2. The van der Waals surface area contributed by atoms with Gasteiger partial charge in [0.25, 0.3) is 5.92 Å². The van der Waals surface area contributed by atoms with Gasteiger partial charge in [0, 0.05) is 51.2 Å². The highest BCUT2D eigenvalue weighted by Gasteiger charge is 2.35. The zero-order valence-electron chi connectivity index (χ0n) is 23.0. The van der Waals surface area contributed by atoms with Gasteiger partial charge in [-0.25, -0.2) is 13.8 Å². The molecule has 1 unspecified atom stereocenters. The van der Waals surface area contributed by atoms with Gasteiger partial charge in [-0.05, 0) is 44.0 Å². The van der Waals surface area contributed by atoms with Gasteiger partial charge in [0.1, 0.15) is 18.0 Å². The van der Waals surface area contributed by atoms with E-state index in [0.29, 0.717) is 30.2 Å². The van der Waals surface area contributed by atoms with Crippen LogP contribution >= 0.6 is 23.4 Å². The number of ether oxygens (including phenoxy) is 1. The predicted molar refractivity (Wildman–Crippen MR) is 152 cm³/mol. The van der Waals surface area contributed by atoms with E-state index in [1.165, 1.54) is 0 Å². The standard InChI is InChI=1S/C29H36ClF2N3O3S/c1-27(2,3)39-24-22-12-21(38-16-20-10-11-29(31,32)17-34-20)14-33-25(22)35(15-18-6-8-19(30)9-7-18)23(24)13-28(4,5)26(36)37/h6-9,12,14,20,34H,10-11,13,15-17H2,1-5H3,(H,36,37). The van der Waals surface area contributed by atoms with Gasteiger partial charge in [0.2, 0.25) is 0 Å². The molecule has 1 saturated heterocycles. The average Bonchev–Trinajstić information content (AvgIpc) is 3.09. The van der Waals surface area contributed by atoms with Gasteiger partial charge in [-0.15, -0.1) is 11.8 Å². The molecule has 1 atom stereocenters. The molecule has 1 aromatic carbocycles. The summed E-state index contributed by atoms with van der Waals surface area (Å²) >= 11 is 7.79. The summed E-state index contributed by atoms with van der Waals surface area (Å²) in [5.74, 6) is -3.01. The van der Waals surface area contributed by atoms with Crippen LogP contribution in [0.3, 0.4) is 0 Å². The maximum Gasteiger partial charge on any atom is 0.309 e. The molecule has 2 aromatic heterocycles. The Morgan fingerprint density at radius 3 is 2.54 bits per heavy atom. The quantitative estimate of drug-likeness (QED) is 0.265. The molecule has 39 heavy (non-hydrogen) atoms. The Balaban J connectivity index is 1.76. The van der Waals surface area contributed by atoms with E-state index in [2.05, 4.69) is 30.7 Å². The number of rotatable bonds is 9. The van der Waals surface area contributed by atoms with Crippen LogP contribution in [0.15, 0.2) is 41.4 Å². The van der Waals surface area contributed by atoms with Crippen molar-refractivity contribution in [1.29, 1.82) is 0 Å². The summed E-state index contributed by atoms with van der Waals surface area (Å²) in [7, 11) is 0. The molecule has 3 aromatic rings. The monoisotopic (exact) mass is 579 g/mol. The van der Waals surface area contributed by atoms with E-state index < -0.39 is 17.3 Å². The number of fused-ring (bicyclic) bond motifs is 1. The Bertz CT molecular complexity index is 1330. The molecule has 0 radical (unpaired) electrons. The highest BCUT2D eigenvalue weighted by molar-refractivity contribution is 8.00. The number of thioether (sulfide) groups is 1. The van der Waals surface area contributed by atoms with Gasteiger partial charge in [-0.1, -0.05) is 44.5 Å². The number of hydrogen-bond donors (Lipinski definition) is 2. The molecular formula is C29H36ClF2N3O3S. The van der Waals surface area contributed by atoms with Crippen LogP contribution in [0, 0.1) is 5.41 Å². The van der Waals surface area contributed by atoms with Gasteiger partial charge < -0.3 is 19.7 Å². The first-order valence-corrected chi connectivity index (χ1v) is 14.2. The fourth-order valence-electron chi connectivity index (χ4n) is 4.55. The van der Waals surface area contributed by atoms with Crippen molar-refractivity contribution in [3.05, 3.63) is 52.8 Å². The predicted octanol–water partition coefficient (Wildman–Crippen LogP) is 7.05. The molecule has 0 saturated carbocycles. The van der Waals surface area contributed by atoms with Crippen molar-refractivity contribution >= 4 is 40.4 Å². The summed E-state index contributed by atoms with van der Waals surface area (Å²) in [6, 6.07) is 9.35. The SMILES string of the molecule is CC(C)(C)Sc1c(CC(C)(C)C(=O)O)n(Cc2ccc(Cl)cc2)c2ncc(OCC3CCC(F)(F)CN3)cc12. The summed E-state index contributed by atoms with van der Waals surface area (Å²) in [5.41, 5.74) is 1.64. The number of piperidine rings is 1. The minimum absolute atomic E-state index is 0.157. The van der Waals surface area contributed by atoms with E-state index in [1.54, 1.807) is 31.8 Å². The lowest BCUT2D eigenvalue weighted by molar-refractivity contribution is -0.146. The number of alkyl halides is 2. The van der Waals surface area contributed by atoms with Crippen LogP contribution in [0.1, 0.15) is 58.7 Å². The molecule has 0 bridgehead atoms. The second-order valence-electron chi connectivity index (χ2n) is 11.9. The third kappa shape index (κ3) is 7.44. The van der Waals surface area contributed by atoms with Gasteiger partial charge in [-0.2, -0.15) is 0 Å². The van der Waals surface area contributed by atoms with Crippen LogP contribution < -0.4 is 10.1 Å². The molecular weight excluding hydrogens is 544 g/mol. The summed E-state index contributed by atoms with van der Waals surface area (Å²) in [6.45, 7) is 10.2. The molecule has 3 heterocycles. The van der Waals surface area contributed by atoms with Crippen molar-refractivity contribution in [2.24, 2.45) is 5.41 Å². The molecule has 10 heteroatoms. The van der Waals surface area contributed by atoms with E-state index in [0.717, 1.165) is 27.2 Å². The topological polar surface area (TPSA) is 76.4 Å². The smallest absolute Gasteiger partial charge is 0.309 e. The number of pyridine rings is 1. The molecule has 2 N–H and O–H groups in total. The van der Waals surface area contributed by atoms with Gasteiger partial charge in [0.05, 0.1) is 18.2 Å². The van der Waals surface area contributed by atoms with Crippen LogP contribution in [0.4, 0.5) is 8.78 Å². The van der Waals surface area contributed by atoms with Crippen molar-refractivity contribution in [2.75, 3.05) is 13.2 Å². The third-order valence-corrected chi connectivity index (χ3v) is 8.26. The second kappa shape index (κ2) is 11.3. The highest BCUT2D eigenvalue weighted by atomic mass is 35.5. The lowest BCUT2D eigenvalue weighted by Gasteiger charge is -2.29. The minimum Gasteiger partial charge on any atom is -0.490 e. The molecule has 1 fully saturated rings. The fraction of sp³-hybridized carbons (Fsp3) is 0.517. The van der Waals surface area contributed by atoms with Crippen molar-refractivity contribution in [3.8, 4) is 5.75 Å². The zero-order valence-corrected chi connectivity index (χ0v) is 24.6. The first-order chi connectivity index (χ1) is 18.1. The van der Waals surface area contributed by atoms with E-state index in [4.69, 9.17) is 21.3 Å². The number of hydrogen-bond acceptors (Lipinski definition) is 5. The van der Waals surface area contributed by atoms with Gasteiger partial charge in [-0.3, -0.25) is 4.79 Å². The zero-order chi connectivity index (χ0) is 28.6. The molecule has 0 aliphatic carbocycles. The number of nitrogens with zero attached hydrogens (tertiary/aromatic N) is 2. The lowest BCUT2D eigenvalue weighted by atomic mass is 9.88. The first kappa shape index (κ1) is 29.6. The summed E-state index contributed by atoms with van der Waals surface area (Å²) in [5, 5.41) is 14.4. The molecule has 1 aliphatic heterocycles. The normalized spacial score (nSPS) is 17.9. The molecule has 4 rings (SSSR count). The summed E-state index contributed by atoms with van der Waals surface area (Å²) in [4.78, 5) is 17.9. The second-order valence-corrected chi connectivity index (χ2v) is 14.2. The van der Waals surface area contributed by atoms with Crippen molar-refractivity contribution in [2.45, 2.75) is 82.0 Å². The van der Waals surface area contributed by atoms with Crippen LogP contribution in [0.25, 0.3) is 11.0 Å². The fourth-order valence-corrected chi connectivity index (χ4v) is 5.85. The van der Waals surface area contributed by atoms with Crippen LogP contribution in [-0.2, 0) is 17.8 Å². The van der Waals surface area contributed by atoms with Gasteiger partial charge >= 0.3 is 5.97 Å². The van der Waals surface area contributed by atoms with Crippen LogP contribution in [-0.4, -0.2) is 50.5 Å². The van der Waals surface area contributed by atoms with E-state index >= 15 is 0 Å². The average molecular weight is 580 g/mol. The van der Waals surface area contributed by atoms with E-state index in [1.807, 2.05) is 30.3 Å². The summed E-state index contributed by atoms with van der Waals surface area (Å²) < 4.78 is 35.0. The molecule has 6 nitrogen and oxygen atoms in total. The Hall–Kier alpha value is -2.36. The van der Waals surface area contributed by atoms with Crippen molar-refractivity contribution in [3.63, 3.8) is 0 Å². The Morgan fingerprint density at radius 1 is 1.26 bits per heavy atom. The molecule has 0 amide bonds. The molecule has 0 spiro atoms.